The first-order valence-corrected chi connectivity index (χ1v) is 13.9. The number of halogens is 2. The van der Waals surface area contributed by atoms with Gasteiger partial charge >= 0.3 is 5.97 Å². The fraction of sp³-hybridized carbons (Fsp3) is 0.222. The zero-order valence-corrected chi connectivity index (χ0v) is 23.0. The number of nitrogens with one attached hydrogen (secondary N) is 2. The lowest BCUT2D eigenvalue weighted by Gasteiger charge is -2.30. The van der Waals surface area contributed by atoms with Gasteiger partial charge in [0.2, 0.25) is 0 Å². The van der Waals surface area contributed by atoms with Gasteiger partial charge in [0.25, 0.3) is 17.7 Å². The zero-order valence-electron chi connectivity index (χ0n) is 20.7. The van der Waals surface area contributed by atoms with Crippen LogP contribution in [-0.2, 0) is 17.8 Å². The molecule has 1 aromatic carbocycles. The van der Waals surface area contributed by atoms with E-state index >= 15 is 0 Å². The van der Waals surface area contributed by atoms with Crippen molar-refractivity contribution in [1.82, 2.24) is 25.1 Å². The molecular weight excluding hydrogens is 577 g/mol. The van der Waals surface area contributed by atoms with Crippen molar-refractivity contribution in [2.24, 2.45) is 0 Å². The van der Waals surface area contributed by atoms with E-state index in [1.807, 2.05) is 18.2 Å². The van der Waals surface area contributed by atoms with E-state index in [9.17, 15) is 24.3 Å². The summed E-state index contributed by atoms with van der Waals surface area (Å²) in [6.45, 7) is 0.567. The lowest BCUT2D eigenvalue weighted by Crippen LogP contribution is -2.49. The Kier molecular flexibility index (Phi) is 6.52. The molecule has 1 saturated carbocycles. The molecule has 1 aliphatic heterocycles. The molecule has 1 aliphatic carbocycles. The van der Waals surface area contributed by atoms with Crippen molar-refractivity contribution < 1.29 is 24.3 Å². The summed E-state index contributed by atoms with van der Waals surface area (Å²) in [4.78, 5) is 53.1. The molecule has 0 radical (unpaired) electrons. The fourth-order valence-electron chi connectivity index (χ4n) is 5.01. The van der Waals surface area contributed by atoms with E-state index in [0.717, 1.165) is 5.52 Å². The molecule has 13 heteroatoms. The average molecular weight is 598 g/mol. The molecule has 3 amide bonds. The van der Waals surface area contributed by atoms with Gasteiger partial charge in [-0.25, -0.2) is 9.31 Å². The van der Waals surface area contributed by atoms with E-state index < -0.39 is 29.4 Å². The lowest BCUT2D eigenvalue weighted by atomic mass is 9.96. The van der Waals surface area contributed by atoms with Gasteiger partial charge in [-0.15, -0.1) is 11.3 Å². The number of pyridine rings is 1. The van der Waals surface area contributed by atoms with Crippen molar-refractivity contribution in [3.05, 3.63) is 91.3 Å². The Labute approximate surface area is 241 Å². The molecule has 1 fully saturated rings. The molecule has 2 unspecified atom stereocenters. The summed E-state index contributed by atoms with van der Waals surface area (Å²) in [6, 6.07) is 11.4. The van der Waals surface area contributed by atoms with Crippen molar-refractivity contribution in [3.63, 3.8) is 0 Å². The van der Waals surface area contributed by atoms with Gasteiger partial charge in [-0.3, -0.25) is 14.4 Å². The SMILES string of the molecule is O=C(NC1CC1(NC(=O)c1c(Cl)cc2c(c1Cl)CCN(C(=O)c1cc3ccccn3n1)C2)C(=O)O)c1cccs1. The summed E-state index contributed by atoms with van der Waals surface area (Å²) in [6.07, 6.45) is 2.15. The Balaban J connectivity index is 1.20. The number of hydrogen-bond acceptors (Lipinski definition) is 6. The number of hydrogen-bond donors (Lipinski definition) is 3. The second-order valence-corrected chi connectivity index (χ2v) is 11.4. The molecule has 40 heavy (non-hydrogen) atoms. The van der Waals surface area contributed by atoms with Gasteiger partial charge in [-0.1, -0.05) is 35.3 Å². The maximum atomic E-state index is 13.3. The molecular formula is C27H21Cl2N5O5S. The molecule has 10 nitrogen and oxygen atoms in total. The summed E-state index contributed by atoms with van der Waals surface area (Å²) < 4.78 is 1.63. The number of benzene rings is 1. The highest BCUT2D eigenvalue weighted by molar-refractivity contribution is 7.12. The number of thiophene rings is 1. The van der Waals surface area contributed by atoms with Crippen molar-refractivity contribution >= 4 is 63.7 Å². The van der Waals surface area contributed by atoms with Crippen LogP contribution in [0.5, 0.6) is 0 Å². The van der Waals surface area contributed by atoms with E-state index in [-0.39, 0.29) is 34.5 Å². The number of carbonyl (C=O) groups excluding carboxylic acids is 3. The number of carboxylic acid groups (broad SMARTS) is 1. The molecule has 2 atom stereocenters. The standard InChI is InChI=1S/C27H21Cl2N5O5S/c28-17-10-14-13-33(25(37)18-11-15-4-1-2-7-34(15)32-18)8-6-16(14)22(29)21(17)24(36)31-27(26(38)39)12-20(27)30-23(35)19-5-3-9-40-19/h1-5,7,9-11,20H,6,8,12-13H2,(H,30,35)(H,31,36)(H,38,39). The minimum Gasteiger partial charge on any atom is -0.479 e. The van der Waals surface area contributed by atoms with Crippen molar-refractivity contribution in [3.8, 4) is 0 Å². The summed E-state index contributed by atoms with van der Waals surface area (Å²) >= 11 is 14.4. The first kappa shape index (κ1) is 26.3. The number of rotatable bonds is 6. The van der Waals surface area contributed by atoms with Crippen LogP contribution in [0.1, 0.15) is 48.1 Å². The van der Waals surface area contributed by atoms with Gasteiger partial charge in [0.15, 0.2) is 11.2 Å². The largest absolute Gasteiger partial charge is 0.479 e. The molecule has 204 valence electrons. The van der Waals surface area contributed by atoms with Crippen LogP contribution in [0.25, 0.3) is 5.52 Å². The number of fused-ring (bicyclic) bond motifs is 2. The molecule has 0 spiro atoms. The highest BCUT2D eigenvalue weighted by Gasteiger charge is 2.63. The van der Waals surface area contributed by atoms with Crippen molar-refractivity contribution in [1.29, 1.82) is 0 Å². The second-order valence-electron chi connectivity index (χ2n) is 9.70. The van der Waals surface area contributed by atoms with Crippen LogP contribution < -0.4 is 10.6 Å². The number of nitrogens with zero attached hydrogens (tertiary/aromatic N) is 3. The van der Waals surface area contributed by atoms with Gasteiger partial charge in [0.1, 0.15) is 0 Å². The Morgan fingerprint density at radius 3 is 2.65 bits per heavy atom. The number of aromatic nitrogens is 2. The quantitative estimate of drug-likeness (QED) is 0.311. The lowest BCUT2D eigenvalue weighted by molar-refractivity contribution is -0.140. The summed E-state index contributed by atoms with van der Waals surface area (Å²) in [5.74, 6) is -2.68. The van der Waals surface area contributed by atoms with Gasteiger partial charge in [-0.2, -0.15) is 5.10 Å². The summed E-state index contributed by atoms with van der Waals surface area (Å²) in [5.41, 5.74) is 0.746. The zero-order chi connectivity index (χ0) is 28.2. The van der Waals surface area contributed by atoms with E-state index in [0.29, 0.717) is 34.7 Å². The maximum absolute atomic E-state index is 13.3. The highest BCUT2D eigenvalue weighted by Crippen LogP contribution is 2.40. The first-order valence-electron chi connectivity index (χ1n) is 12.3. The Bertz CT molecular complexity index is 1670. The fourth-order valence-corrected chi connectivity index (χ4v) is 6.40. The van der Waals surface area contributed by atoms with Gasteiger partial charge in [-0.05, 0) is 53.3 Å². The van der Waals surface area contributed by atoms with E-state index in [4.69, 9.17) is 23.2 Å². The third-order valence-corrected chi connectivity index (χ3v) is 8.82. The Hall–Kier alpha value is -3.93. The van der Waals surface area contributed by atoms with Gasteiger partial charge < -0.3 is 20.6 Å². The van der Waals surface area contributed by atoms with E-state index in [2.05, 4.69) is 15.7 Å². The van der Waals surface area contributed by atoms with Crippen LogP contribution in [0, 0.1) is 0 Å². The summed E-state index contributed by atoms with van der Waals surface area (Å²) in [5, 5.41) is 21.3. The third kappa shape index (κ3) is 4.49. The predicted molar refractivity (Wildman–Crippen MR) is 148 cm³/mol. The van der Waals surface area contributed by atoms with E-state index in [1.165, 1.54) is 11.3 Å². The van der Waals surface area contributed by atoms with Crippen LogP contribution in [0.15, 0.2) is 54.0 Å². The van der Waals surface area contributed by atoms with Crippen molar-refractivity contribution in [2.75, 3.05) is 6.54 Å². The number of carbonyl (C=O) groups is 4. The molecule has 3 N–H and O–H groups in total. The van der Waals surface area contributed by atoms with Crippen LogP contribution in [-0.4, -0.2) is 61.4 Å². The predicted octanol–water partition coefficient (Wildman–Crippen LogP) is 3.66. The molecule has 2 aliphatic rings. The van der Waals surface area contributed by atoms with Crippen LogP contribution in [0.4, 0.5) is 0 Å². The molecule has 0 saturated heterocycles. The van der Waals surface area contributed by atoms with Crippen LogP contribution in [0.2, 0.25) is 10.0 Å². The summed E-state index contributed by atoms with van der Waals surface area (Å²) in [7, 11) is 0. The monoisotopic (exact) mass is 597 g/mol. The van der Waals surface area contributed by atoms with Crippen molar-refractivity contribution in [2.45, 2.75) is 31.0 Å². The molecule has 0 bridgehead atoms. The van der Waals surface area contributed by atoms with Crippen LogP contribution in [0.3, 0.4) is 0 Å². The van der Waals surface area contributed by atoms with Gasteiger partial charge in [0.05, 0.1) is 32.0 Å². The molecule has 4 heterocycles. The maximum Gasteiger partial charge on any atom is 0.331 e. The highest BCUT2D eigenvalue weighted by atomic mass is 35.5. The number of carboxylic acids is 1. The first-order chi connectivity index (χ1) is 19.2. The van der Waals surface area contributed by atoms with Gasteiger partial charge in [0, 0.05) is 25.7 Å². The number of amides is 3. The minimum atomic E-state index is -1.68. The third-order valence-electron chi connectivity index (χ3n) is 7.24. The Morgan fingerprint density at radius 2 is 1.93 bits per heavy atom. The minimum absolute atomic E-state index is 0.0193. The molecule has 6 rings (SSSR count). The molecule has 4 aromatic rings. The van der Waals surface area contributed by atoms with E-state index in [1.54, 1.807) is 45.3 Å². The van der Waals surface area contributed by atoms with Crippen LogP contribution >= 0.6 is 34.5 Å². The Morgan fingerprint density at radius 1 is 1.10 bits per heavy atom. The smallest absolute Gasteiger partial charge is 0.331 e. The topological polar surface area (TPSA) is 133 Å². The molecule has 3 aromatic heterocycles. The normalized spacial score (nSPS) is 19.6. The number of aliphatic carboxylic acids is 1. The second kappa shape index (κ2) is 9.92. The average Bonchev–Trinajstić information content (AvgIpc) is 3.29.